The van der Waals surface area contributed by atoms with E-state index >= 15 is 0 Å². The molecule has 0 radical (unpaired) electrons. The Hall–Kier alpha value is -3.13. The molecule has 0 saturated carbocycles. The van der Waals surface area contributed by atoms with Crippen LogP contribution in [0.2, 0.25) is 10.0 Å². The van der Waals surface area contributed by atoms with Crippen LogP contribution < -0.4 is 15.1 Å². The number of pyridine rings is 1. The van der Waals surface area contributed by atoms with E-state index in [0.29, 0.717) is 22.0 Å². The Bertz CT molecular complexity index is 1530. The first-order chi connectivity index (χ1) is 19.3. The first-order valence-electron chi connectivity index (χ1n) is 13.5. The number of rotatable bonds is 5. The molecule has 1 N–H and O–H groups in total. The van der Waals surface area contributed by atoms with E-state index in [1.165, 1.54) is 12.5 Å². The van der Waals surface area contributed by atoms with Gasteiger partial charge in [-0.3, -0.25) is 4.98 Å². The number of thiocarbonyl (C=S) groups is 1. The minimum absolute atomic E-state index is 0.0686. The molecule has 2 fully saturated rings. The number of aromatic nitrogens is 2. The van der Waals surface area contributed by atoms with Crippen LogP contribution in [0.5, 0.6) is 0 Å². The van der Waals surface area contributed by atoms with Crippen molar-refractivity contribution in [3.05, 3.63) is 106 Å². The summed E-state index contributed by atoms with van der Waals surface area (Å²) in [6.45, 7) is 6.58. The predicted molar refractivity (Wildman–Crippen MR) is 165 cm³/mol. The van der Waals surface area contributed by atoms with Crippen LogP contribution in [0, 0.1) is 17.7 Å². The second-order valence-corrected chi connectivity index (χ2v) is 12.1. The smallest absolute Gasteiger partial charge is 0.174 e. The molecule has 206 valence electrons. The highest BCUT2D eigenvalue weighted by molar-refractivity contribution is 7.80. The number of anilines is 2. The molecule has 0 spiro atoms. The van der Waals surface area contributed by atoms with Crippen molar-refractivity contribution in [3.63, 3.8) is 0 Å². The van der Waals surface area contributed by atoms with Crippen LogP contribution in [-0.4, -0.2) is 27.8 Å². The van der Waals surface area contributed by atoms with Gasteiger partial charge in [-0.25, -0.2) is 4.39 Å². The lowest BCUT2D eigenvalue weighted by Crippen LogP contribution is -2.38. The molecule has 2 aliphatic rings. The highest BCUT2D eigenvalue weighted by Gasteiger charge is 2.42. The van der Waals surface area contributed by atoms with Crippen LogP contribution in [0.3, 0.4) is 0 Å². The third-order valence-electron chi connectivity index (χ3n) is 7.78. The summed E-state index contributed by atoms with van der Waals surface area (Å²) in [7, 11) is 0. The average Bonchev–Trinajstić information content (AvgIpc) is 3.54. The van der Waals surface area contributed by atoms with E-state index in [0.717, 1.165) is 41.5 Å². The summed E-state index contributed by atoms with van der Waals surface area (Å²) in [4.78, 5) is 9.15. The second-order valence-electron chi connectivity index (χ2n) is 10.9. The SMILES string of the molecule is C[C@@H]1C[C@@H](C)CN(c2ccc(N3C(=S)N[C@@H](c4ccccn4)[C@@H]3c3cccn3-c3ccc(F)c(Cl)c3)cc2Cl)C1. The molecule has 4 atom stereocenters. The molecule has 2 aliphatic heterocycles. The van der Waals surface area contributed by atoms with Gasteiger partial charge in [0.1, 0.15) is 11.9 Å². The van der Waals surface area contributed by atoms with E-state index in [2.05, 4.69) is 46.1 Å². The minimum Gasteiger partial charge on any atom is -0.370 e. The Morgan fingerprint density at radius 2 is 1.68 bits per heavy atom. The second kappa shape index (κ2) is 11.0. The van der Waals surface area contributed by atoms with Crippen LogP contribution in [0.25, 0.3) is 5.69 Å². The van der Waals surface area contributed by atoms with Crippen LogP contribution >= 0.6 is 35.4 Å². The van der Waals surface area contributed by atoms with Crippen molar-refractivity contribution in [2.75, 3.05) is 22.9 Å². The number of halogens is 3. The standard InChI is InChI=1S/C31H30Cl2FN5S/c1-19-14-20(2)18-37(17-19)27-11-9-22(16-24(27)33)39-30(29(36-31(39)40)26-6-3-4-12-35-26)28-7-5-13-38(28)21-8-10-25(34)23(32)15-21/h3-13,15-16,19-20,29-30H,14,17-18H2,1-2H3,(H,36,40)/t19-,20-,29+,30+/m1/s1. The first-order valence-corrected chi connectivity index (χ1v) is 14.6. The van der Waals surface area contributed by atoms with Gasteiger partial charge in [-0.1, -0.05) is 43.1 Å². The van der Waals surface area contributed by atoms with Crippen molar-refractivity contribution in [3.8, 4) is 5.69 Å². The number of piperidine rings is 1. The molecule has 4 aromatic rings. The zero-order valence-electron chi connectivity index (χ0n) is 22.3. The zero-order chi connectivity index (χ0) is 28.0. The average molecular weight is 595 g/mol. The Kier molecular flexibility index (Phi) is 7.46. The third-order valence-corrected chi connectivity index (χ3v) is 8.69. The van der Waals surface area contributed by atoms with Gasteiger partial charge in [0, 0.05) is 42.6 Å². The van der Waals surface area contributed by atoms with E-state index in [1.54, 1.807) is 18.3 Å². The number of benzene rings is 2. The van der Waals surface area contributed by atoms with Gasteiger partial charge < -0.3 is 19.7 Å². The summed E-state index contributed by atoms with van der Waals surface area (Å²) in [5.41, 5.74) is 4.50. The normalized spacial score (nSPS) is 23.0. The fourth-order valence-electron chi connectivity index (χ4n) is 6.20. The molecule has 6 rings (SSSR count). The topological polar surface area (TPSA) is 36.3 Å². The lowest BCUT2D eigenvalue weighted by Gasteiger charge is -2.37. The molecule has 4 heterocycles. The summed E-state index contributed by atoms with van der Waals surface area (Å²) in [6, 6.07) is 20.3. The molecule has 2 saturated heterocycles. The van der Waals surface area contributed by atoms with E-state index < -0.39 is 5.82 Å². The largest absolute Gasteiger partial charge is 0.370 e. The molecule has 2 aromatic carbocycles. The van der Waals surface area contributed by atoms with Crippen molar-refractivity contribution in [2.45, 2.75) is 32.4 Å². The monoisotopic (exact) mass is 593 g/mol. The van der Waals surface area contributed by atoms with Crippen molar-refractivity contribution in [2.24, 2.45) is 11.8 Å². The van der Waals surface area contributed by atoms with Gasteiger partial charge >= 0.3 is 0 Å². The Balaban J connectivity index is 1.43. The van der Waals surface area contributed by atoms with Crippen molar-refractivity contribution in [1.29, 1.82) is 0 Å². The lowest BCUT2D eigenvalue weighted by atomic mass is 9.91. The van der Waals surface area contributed by atoms with Crippen molar-refractivity contribution in [1.82, 2.24) is 14.9 Å². The Labute approximate surface area is 249 Å². The fourth-order valence-corrected chi connectivity index (χ4v) is 7.02. The van der Waals surface area contributed by atoms with Crippen molar-refractivity contribution < 1.29 is 4.39 Å². The van der Waals surface area contributed by atoms with Crippen LogP contribution in [0.4, 0.5) is 15.8 Å². The van der Waals surface area contributed by atoms with Gasteiger partial charge in [0.15, 0.2) is 5.11 Å². The van der Waals surface area contributed by atoms with Gasteiger partial charge in [0.2, 0.25) is 0 Å². The molecule has 5 nitrogen and oxygen atoms in total. The molecule has 2 aromatic heterocycles. The lowest BCUT2D eigenvalue weighted by molar-refractivity contribution is 0.357. The van der Waals surface area contributed by atoms with E-state index in [9.17, 15) is 4.39 Å². The molecule has 0 bridgehead atoms. The molecule has 40 heavy (non-hydrogen) atoms. The highest BCUT2D eigenvalue weighted by atomic mass is 35.5. The molecule has 9 heteroatoms. The molecule has 0 amide bonds. The fraction of sp³-hybridized carbons (Fsp3) is 0.290. The summed E-state index contributed by atoms with van der Waals surface area (Å²) in [5.74, 6) is 0.778. The van der Waals surface area contributed by atoms with E-state index in [1.807, 2.05) is 47.2 Å². The summed E-state index contributed by atoms with van der Waals surface area (Å²) in [6.07, 6.45) is 4.96. The van der Waals surface area contributed by atoms with Crippen LogP contribution in [0.15, 0.2) is 79.1 Å². The molecular weight excluding hydrogens is 564 g/mol. The third kappa shape index (κ3) is 5.06. The summed E-state index contributed by atoms with van der Waals surface area (Å²) < 4.78 is 16.0. The number of hydrogen-bond donors (Lipinski definition) is 1. The molecule has 0 unspecified atom stereocenters. The van der Waals surface area contributed by atoms with Gasteiger partial charge in [-0.15, -0.1) is 0 Å². The summed E-state index contributed by atoms with van der Waals surface area (Å²) >= 11 is 19.1. The minimum atomic E-state index is -0.456. The van der Waals surface area contributed by atoms with E-state index in [4.69, 9.17) is 35.4 Å². The molecular formula is C31H30Cl2FN5S. The highest BCUT2D eigenvalue weighted by Crippen LogP contribution is 2.44. The zero-order valence-corrected chi connectivity index (χ0v) is 24.6. The predicted octanol–water partition coefficient (Wildman–Crippen LogP) is 7.98. The molecule has 0 aliphatic carbocycles. The number of nitrogens with one attached hydrogen (secondary N) is 1. The number of nitrogens with zero attached hydrogens (tertiary/aromatic N) is 4. The maximum atomic E-state index is 14.0. The Morgan fingerprint density at radius 1 is 0.925 bits per heavy atom. The van der Waals surface area contributed by atoms with Gasteiger partial charge in [-0.05, 0) is 91.1 Å². The maximum absolute atomic E-state index is 14.0. The van der Waals surface area contributed by atoms with Crippen molar-refractivity contribution >= 4 is 51.9 Å². The quantitative estimate of drug-likeness (QED) is 0.237. The maximum Gasteiger partial charge on any atom is 0.174 e. The van der Waals surface area contributed by atoms with Gasteiger partial charge in [0.25, 0.3) is 0 Å². The van der Waals surface area contributed by atoms with E-state index in [-0.39, 0.29) is 17.1 Å². The van der Waals surface area contributed by atoms with Crippen LogP contribution in [-0.2, 0) is 0 Å². The first kappa shape index (κ1) is 27.1. The Morgan fingerprint density at radius 3 is 2.38 bits per heavy atom. The summed E-state index contributed by atoms with van der Waals surface area (Å²) in [5, 5.41) is 4.85. The van der Waals surface area contributed by atoms with Gasteiger partial charge in [0.05, 0.1) is 27.5 Å². The van der Waals surface area contributed by atoms with Gasteiger partial charge in [-0.2, -0.15) is 0 Å². The number of hydrogen-bond acceptors (Lipinski definition) is 3. The van der Waals surface area contributed by atoms with Crippen LogP contribution in [0.1, 0.15) is 43.7 Å².